The molecule has 2 aromatic carbocycles. The van der Waals surface area contributed by atoms with Gasteiger partial charge in [0.15, 0.2) is 0 Å². The van der Waals surface area contributed by atoms with Crippen LogP contribution in [0.4, 0.5) is 0 Å². The smallest absolute Gasteiger partial charge is 0.123 e. The van der Waals surface area contributed by atoms with Crippen LogP contribution in [0.5, 0.6) is 11.5 Å². The van der Waals surface area contributed by atoms with E-state index in [0.29, 0.717) is 11.5 Å². The molecule has 45 heavy (non-hydrogen) atoms. The third-order valence-electron chi connectivity index (χ3n) is 9.93. The van der Waals surface area contributed by atoms with Crippen LogP contribution in [0.2, 0.25) is 0 Å². The Balaban J connectivity index is 2.08. The molecule has 2 nitrogen and oxygen atoms in total. The van der Waals surface area contributed by atoms with Crippen LogP contribution in [0.1, 0.15) is 211 Å². The van der Waals surface area contributed by atoms with Crippen molar-refractivity contribution < 1.29 is 10.2 Å². The number of rotatable bonds is 21. The van der Waals surface area contributed by atoms with Crippen LogP contribution in [0.25, 0.3) is 0 Å². The molecule has 0 aliphatic carbocycles. The molecule has 0 unspecified atom stereocenters. The lowest BCUT2D eigenvalue weighted by molar-refractivity contribution is 0.422. The number of phenols is 2. The molecule has 0 aliphatic rings. The van der Waals surface area contributed by atoms with Crippen molar-refractivity contribution in [3.8, 4) is 11.5 Å². The van der Waals surface area contributed by atoms with Gasteiger partial charge in [0.05, 0.1) is 0 Å². The van der Waals surface area contributed by atoms with Gasteiger partial charge >= 0.3 is 0 Å². The molecule has 2 N–H and O–H groups in total. The summed E-state index contributed by atoms with van der Waals surface area (Å²) in [6.07, 6.45) is 24.5. The molecule has 0 saturated carbocycles. The average molecular weight is 621 g/mol. The zero-order chi connectivity index (χ0) is 33.5. The van der Waals surface area contributed by atoms with Gasteiger partial charge in [-0.2, -0.15) is 0 Å². The van der Waals surface area contributed by atoms with E-state index >= 15 is 0 Å². The zero-order valence-electron chi connectivity index (χ0n) is 31.2. The van der Waals surface area contributed by atoms with Gasteiger partial charge in [0.2, 0.25) is 0 Å². The summed E-state index contributed by atoms with van der Waals surface area (Å²) in [5.74, 6) is 0.802. The molecule has 0 aliphatic heterocycles. The van der Waals surface area contributed by atoms with E-state index in [9.17, 15) is 10.2 Å². The summed E-state index contributed by atoms with van der Waals surface area (Å²) < 4.78 is 0. The highest BCUT2D eigenvalue weighted by Crippen LogP contribution is 2.46. The van der Waals surface area contributed by atoms with Gasteiger partial charge < -0.3 is 10.2 Å². The summed E-state index contributed by atoms with van der Waals surface area (Å²) in [6.45, 7) is 19.8. The van der Waals surface area contributed by atoms with Crippen molar-refractivity contribution in [2.75, 3.05) is 0 Å². The fourth-order valence-electron chi connectivity index (χ4n) is 6.90. The maximum absolute atomic E-state index is 11.8. The fourth-order valence-corrected chi connectivity index (χ4v) is 6.90. The van der Waals surface area contributed by atoms with E-state index < -0.39 is 0 Å². The molecule has 0 aromatic heterocycles. The second kappa shape index (κ2) is 19.6. The van der Waals surface area contributed by atoms with Crippen LogP contribution in [-0.4, -0.2) is 10.2 Å². The highest BCUT2D eigenvalue weighted by Gasteiger charge is 2.29. The molecule has 0 saturated heterocycles. The highest BCUT2D eigenvalue weighted by molar-refractivity contribution is 5.56. The van der Waals surface area contributed by atoms with E-state index in [1.165, 1.54) is 107 Å². The molecule has 0 radical (unpaired) electrons. The van der Waals surface area contributed by atoms with Gasteiger partial charge in [-0.3, -0.25) is 0 Å². The minimum Gasteiger partial charge on any atom is -0.507 e. The van der Waals surface area contributed by atoms with Gasteiger partial charge in [0.25, 0.3) is 0 Å². The van der Waals surface area contributed by atoms with Crippen LogP contribution in [0.15, 0.2) is 24.3 Å². The summed E-state index contributed by atoms with van der Waals surface area (Å²) >= 11 is 0. The molecular weight excluding hydrogens is 548 g/mol. The second-order valence-electron chi connectivity index (χ2n) is 16.0. The molecule has 0 atom stereocenters. The molecule has 0 amide bonds. The first-order valence-electron chi connectivity index (χ1n) is 19.1. The van der Waals surface area contributed by atoms with E-state index in [4.69, 9.17) is 0 Å². The minimum atomic E-state index is -0.160. The first kappa shape index (κ1) is 39.2. The quantitative estimate of drug-likeness (QED) is 0.136. The van der Waals surface area contributed by atoms with Crippen LogP contribution in [-0.2, 0) is 23.7 Å². The monoisotopic (exact) mass is 621 g/mol. The van der Waals surface area contributed by atoms with Gasteiger partial charge in [-0.1, -0.05) is 189 Å². The number of aryl methyl sites for hydroxylation is 2. The molecule has 256 valence electrons. The minimum absolute atomic E-state index is 0.0307. The predicted octanol–water partition coefficient (Wildman–Crippen LogP) is 13.6. The van der Waals surface area contributed by atoms with Crippen molar-refractivity contribution in [1.29, 1.82) is 0 Å². The Hall–Kier alpha value is -1.96. The summed E-state index contributed by atoms with van der Waals surface area (Å²) in [4.78, 5) is 0. The Labute approximate surface area is 279 Å². The number of hydrogen-bond acceptors (Lipinski definition) is 2. The van der Waals surface area contributed by atoms with Gasteiger partial charge in [-0.05, 0) is 52.3 Å². The predicted molar refractivity (Wildman–Crippen MR) is 198 cm³/mol. The second-order valence-corrected chi connectivity index (χ2v) is 16.0. The summed E-state index contributed by atoms with van der Waals surface area (Å²) in [6, 6.07) is 8.81. The van der Waals surface area contributed by atoms with Gasteiger partial charge in [0, 0.05) is 17.0 Å². The van der Waals surface area contributed by atoms with Crippen molar-refractivity contribution in [3.63, 3.8) is 0 Å². The molecule has 2 rings (SSSR count). The summed E-state index contributed by atoms with van der Waals surface area (Å²) in [5.41, 5.74) is 6.19. The van der Waals surface area contributed by atoms with Gasteiger partial charge in [0.1, 0.15) is 11.5 Å². The average Bonchev–Trinajstić information content (AvgIpc) is 2.98. The van der Waals surface area contributed by atoms with Crippen molar-refractivity contribution in [2.45, 2.75) is 201 Å². The number of phenolic OH excluding ortho intramolecular Hbond substituents is 2. The lowest BCUT2D eigenvalue weighted by Crippen LogP contribution is -2.16. The Morgan fingerprint density at radius 1 is 0.467 bits per heavy atom. The number of unbranched alkanes of at least 4 members (excludes halogenated alkanes) is 15. The Kier molecular flexibility index (Phi) is 17.1. The molecule has 0 spiro atoms. The van der Waals surface area contributed by atoms with Crippen LogP contribution in [0, 0.1) is 0 Å². The Morgan fingerprint density at radius 2 is 0.778 bits per heavy atom. The summed E-state index contributed by atoms with van der Waals surface area (Å²) in [5, 5.41) is 23.6. The number of hydrogen-bond donors (Lipinski definition) is 2. The maximum atomic E-state index is 11.8. The Bertz CT molecular complexity index is 1040. The molecule has 0 fully saturated rings. The topological polar surface area (TPSA) is 40.5 Å². The SMILES string of the molecule is CCCCCCCCCCCCCCCCCCC(c1cc(CC)cc(C(C)(C)C)c1O)c1cc(CC)cc(C(C)(C)C)c1O. The largest absolute Gasteiger partial charge is 0.507 e. The molecule has 2 heteroatoms. The Morgan fingerprint density at radius 3 is 1.07 bits per heavy atom. The zero-order valence-corrected chi connectivity index (χ0v) is 31.2. The van der Waals surface area contributed by atoms with Crippen LogP contribution >= 0.6 is 0 Å². The normalized spacial score (nSPS) is 12.4. The van der Waals surface area contributed by atoms with Crippen molar-refractivity contribution >= 4 is 0 Å². The van der Waals surface area contributed by atoms with E-state index in [1.807, 2.05) is 0 Å². The first-order valence-corrected chi connectivity index (χ1v) is 19.1. The fraction of sp³-hybridized carbons (Fsp3) is 0.721. The number of aromatic hydroxyl groups is 2. The van der Waals surface area contributed by atoms with Gasteiger partial charge in [-0.15, -0.1) is 0 Å². The lowest BCUT2D eigenvalue weighted by Gasteiger charge is -2.29. The molecular formula is C43H72O2. The third kappa shape index (κ3) is 13.0. The maximum Gasteiger partial charge on any atom is 0.123 e. The van der Waals surface area contributed by atoms with Crippen LogP contribution in [0.3, 0.4) is 0 Å². The molecule has 0 bridgehead atoms. The van der Waals surface area contributed by atoms with Crippen molar-refractivity contribution in [3.05, 3.63) is 57.6 Å². The van der Waals surface area contributed by atoms with E-state index in [2.05, 4.69) is 86.6 Å². The van der Waals surface area contributed by atoms with E-state index in [1.54, 1.807) is 0 Å². The highest BCUT2D eigenvalue weighted by atomic mass is 16.3. The lowest BCUT2D eigenvalue weighted by atomic mass is 9.76. The van der Waals surface area contributed by atoms with Crippen molar-refractivity contribution in [2.24, 2.45) is 0 Å². The van der Waals surface area contributed by atoms with E-state index in [-0.39, 0.29) is 16.7 Å². The van der Waals surface area contributed by atoms with Crippen LogP contribution < -0.4 is 0 Å². The third-order valence-corrected chi connectivity index (χ3v) is 9.93. The first-order chi connectivity index (χ1) is 21.3. The number of benzene rings is 2. The van der Waals surface area contributed by atoms with Crippen molar-refractivity contribution in [1.82, 2.24) is 0 Å². The van der Waals surface area contributed by atoms with E-state index in [0.717, 1.165) is 47.9 Å². The molecule has 2 aromatic rings. The standard InChI is InChI=1S/C43H72O2/c1-10-13-14-15-16-17-18-19-20-21-22-23-24-25-26-27-28-35(36-29-33(11-2)31-38(40(36)44)42(4,5)6)37-30-34(12-3)32-39(41(37)45)43(7,8)9/h29-32,35,44-45H,10-28H2,1-9H3. The summed E-state index contributed by atoms with van der Waals surface area (Å²) in [7, 11) is 0. The molecule has 0 heterocycles. The van der Waals surface area contributed by atoms with Gasteiger partial charge in [-0.25, -0.2) is 0 Å².